The first-order valence-electron chi connectivity index (χ1n) is 12.4. The number of aryl methyl sites for hydroxylation is 2. The Kier molecular flexibility index (Phi) is 6.06. The molecule has 7 heteroatoms. The molecule has 3 aromatic heterocycles. The first-order chi connectivity index (χ1) is 18.1. The van der Waals surface area contributed by atoms with E-state index in [4.69, 9.17) is 4.74 Å². The molecule has 6 aromatic rings. The monoisotopic (exact) mass is 506 g/mol. The van der Waals surface area contributed by atoms with Crippen LogP contribution in [0.1, 0.15) is 33.3 Å². The fourth-order valence-electron chi connectivity index (χ4n) is 4.83. The van der Waals surface area contributed by atoms with Crippen molar-refractivity contribution in [1.82, 2.24) is 15.0 Å². The van der Waals surface area contributed by atoms with Crippen molar-refractivity contribution in [3.63, 3.8) is 0 Å². The Bertz CT molecular complexity index is 1750. The highest BCUT2D eigenvalue weighted by atomic mass is 32.1. The topological polar surface area (TPSA) is 79.9 Å². The van der Waals surface area contributed by atoms with Crippen molar-refractivity contribution in [1.29, 1.82) is 0 Å². The van der Waals surface area contributed by atoms with Crippen molar-refractivity contribution < 1.29 is 9.53 Å². The normalized spacial score (nSPS) is 11.4. The lowest BCUT2D eigenvalue weighted by Crippen LogP contribution is -2.07. The molecule has 0 aliphatic heterocycles. The Balaban J connectivity index is 1.27. The molecule has 0 fully saturated rings. The summed E-state index contributed by atoms with van der Waals surface area (Å²) in [6, 6.07) is 22.7. The van der Waals surface area contributed by atoms with E-state index in [0.717, 1.165) is 39.0 Å². The predicted molar refractivity (Wildman–Crippen MR) is 151 cm³/mol. The van der Waals surface area contributed by atoms with Crippen LogP contribution in [0.5, 0.6) is 0 Å². The molecule has 3 aromatic carbocycles. The molecule has 184 valence electrons. The van der Waals surface area contributed by atoms with Crippen LogP contribution in [0.25, 0.3) is 32.0 Å². The third-order valence-electron chi connectivity index (χ3n) is 6.74. The first-order valence-corrected chi connectivity index (χ1v) is 13.2. The highest BCUT2D eigenvalue weighted by Crippen LogP contribution is 2.36. The van der Waals surface area contributed by atoms with Gasteiger partial charge in [0.2, 0.25) is 0 Å². The number of nitrogens with zero attached hydrogens (tertiary/aromatic N) is 2. The van der Waals surface area contributed by atoms with E-state index in [0.29, 0.717) is 23.7 Å². The lowest BCUT2D eigenvalue weighted by molar-refractivity contribution is 0.0514. The number of para-hydroxylation sites is 1. The quantitative estimate of drug-likeness (QED) is 0.221. The Labute approximate surface area is 218 Å². The van der Waals surface area contributed by atoms with Crippen LogP contribution < -0.4 is 5.32 Å². The van der Waals surface area contributed by atoms with E-state index in [1.165, 1.54) is 39.5 Å². The number of fused-ring (bicyclic) bond motifs is 4. The predicted octanol–water partition coefficient (Wildman–Crippen LogP) is 7.34. The zero-order valence-electron chi connectivity index (χ0n) is 20.7. The third kappa shape index (κ3) is 4.32. The maximum Gasteiger partial charge on any atom is 0.348 e. The number of hydrogen-bond acceptors (Lipinski definition) is 6. The molecule has 37 heavy (non-hydrogen) atoms. The lowest BCUT2D eigenvalue weighted by atomic mass is 10.1. The van der Waals surface area contributed by atoms with Gasteiger partial charge in [-0.1, -0.05) is 61.5 Å². The molecule has 0 spiro atoms. The van der Waals surface area contributed by atoms with Gasteiger partial charge in [-0.05, 0) is 42.2 Å². The highest BCUT2D eigenvalue weighted by Gasteiger charge is 2.21. The molecule has 0 radical (unpaired) electrons. The molecule has 2 N–H and O–H groups in total. The number of carbonyl (C=O) groups excluding carboxylic acids is 1. The number of aromatic nitrogens is 3. The number of carbonyl (C=O) groups is 1. The molecular weight excluding hydrogens is 480 g/mol. The molecule has 0 unspecified atom stereocenters. The minimum atomic E-state index is -0.325. The number of ether oxygens (including phenoxy) is 1. The maximum absolute atomic E-state index is 12.9. The van der Waals surface area contributed by atoms with Gasteiger partial charge in [0.1, 0.15) is 21.9 Å². The van der Waals surface area contributed by atoms with Crippen LogP contribution in [0.15, 0.2) is 73.1 Å². The number of thiophene rings is 1. The van der Waals surface area contributed by atoms with E-state index < -0.39 is 0 Å². The molecule has 0 aliphatic carbocycles. The smallest absolute Gasteiger partial charge is 0.348 e. The van der Waals surface area contributed by atoms with Gasteiger partial charge in [-0.25, -0.2) is 14.8 Å². The van der Waals surface area contributed by atoms with Gasteiger partial charge in [-0.3, -0.25) is 0 Å². The largest absolute Gasteiger partial charge is 0.461 e. The fourth-order valence-corrected chi connectivity index (χ4v) is 5.87. The summed E-state index contributed by atoms with van der Waals surface area (Å²) in [4.78, 5) is 26.7. The summed E-state index contributed by atoms with van der Waals surface area (Å²) in [5.41, 5.74) is 6.43. The van der Waals surface area contributed by atoms with Crippen LogP contribution in [0.2, 0.25) is 0 Å². The number of rotatable bonds is 7. The summed E-state index contributed by atoms with van der Waals surface area (Å²) in [5.74, 6) is 0.348. The van der Waals surface area contributed by atoms with Crippen LogP contribution in [-0.4, -0.2) is 27.5 Å². The van der Waals surface area contributed by atoms with E-state index in [2.05, 4.69) is 63.6 Å². The summed E-state index contributed by atoms with van der Waals surface area (Å²) in [6.45, 7) is 4.43. The van der Waals surface area contributed by atoms with Gasteiger partial charge in [0, 0.05) is 33.9 Å². The Morgan fingerprint density at radius 1 is 1.03 bits per heavy atom. The molecule has 6 rings (SSSR count). The zero-order chi connectivity index (χ0) is 25.4. The number of hydrogen-bond donors (Lipinski definition) is 2. The van der Waals surface area contributed by atoms with Gasteiger partial charge in [0.05, 0.1) is 12.0 Å². The van der Waals surface area contributed by atoms with Gasteiger partial charge in [-0.2, -0.15) is 0 Å². The van der Waals surface area contributed by atoms with Gasteiger partial charge in [-0.15, -0.1) is 11.3 Å². The van der Waals surface area contributed by atoms with Crippen molar-refractivity contribution in [2.45, 2.75) is 26.7 Å². The molecule has 0 saturated carbocycles. The highest BCUT2D eigenvalue weighted by molar-refractivity contribution is 7.20. The van der Waals surface area contributed by atoms with E-state index in [-0.39, 0.29) is 5.97 Å². The second-order valence-electron chi connectivity index (χ2n) is 9.03. The molecule has 0 amide bonds. The van der Waals surface area contributed by atoms with Crippen molar-refractivity contribution in [2.24, 2.45) is 0 Å². The molecular formula is C30H26N4O2S. The second kappa shape index (κ2) is 9.67. The van der Waals surface area contributed by atoms with E-state index in [9.17, 15) is 4.79 Å². The van der Waals surface area contributed by atoms with Crippen molar-refractivity contribution in [3.05, 3.63) is 94.6 Å². The van der Waals surface area contributed by atoms with Gasteiger partial charge in [0.25, 0.3) is 0 Å². The summed E-state index contributed by atoms with van der Waals surface area (Å²) in [7, 11) is 0. The number of anilines is 2. The average molecular weight is 507 g/mol. The van der Waals surface area contributed by atoms with Crippen LogP contribution >= 0.6 is 11.3 Å². The Morgan fingerprint density at radius 2 is 1.89 bits per heavy atom. The van der Waals surface area contributed by atoms with Crippen molar-refractivity contribution in [3.8, 4) is 0 Å². The van der Waals surface area contributed by atoms with Gasteiger partial charge < -0.3 is 15.0 Å². The molecule has 0 saturated heterocycles. The standard InChI is InChI=1S/C30H26N4O2S/c1-3-20-10-7-11-23-22-13-12-21(16-24(22)34-26(20)23)33-28-25-18(2)27(37-29(25)32-17-31-28)30(35)36-15-14-19-8-5-4-6-9-19/h4-13,16-17,34H,3,14-15H2,1-2H3,(H,31,32,33). The van der Waals surface area contributed by atoms with Crippen molar-refractivity contribution >= 4 is 60.8 Å². The summed E-state index contributed by atoms with van der Waals surface area (Å²) in [6.07, 6.45) is 3.18. The summed E-state index contributed by atoms with van der Waals surface area (Å²) in [5, 5.41) is 6.72. The molecule has 0 bridgehead atoms. The molecule has 0 aliphatic rings. The Morgan fingerprint density at radius 3 is 2.73 bits per heavy atom. The van der Waals surface area contributed by atoms with Crippen LogP contribution in [0.3, 0.4) is 0 Å². The maximum atomic E-state index is 12.9. The van der Waals surface area contributed by atoms with Crippen molar-refractivity contribution in [2.75, 3.05) is 11.9 Å². The SMILES string of the molecule is CCc1cccc2c1[nH]c1cc(Nc3ncnc4sc(C(=O)OCCc5ccccc5)c(C)c34)ccc12. The molecule has 0 atom stereocenters. The number of nitrogens with one attached hydrogen (secondary N) is 2. The van der Waals surface area contributed by atoms with Gasteiger partial charge in [0.15, 0.2) is 0 Å². The Hall–Kier alpha value is -4.23. The average Bonchev–Trinajstić information content (AvgIpc) is 3.47. The van der Waals surface area contributed by atoms with Crippen LogP contribution in [0, 0.1) is 6.92 Å². The molecule has 3 heterocycles. The number of H-pyrrole nitrogens is 1. The third-order valence-corrected chi connectivity index (χ3v) is 7.92. The second-order valence-corrected chi connectivity index (χ2v) is 10.0. The molecule has 6 nitrogen and oxygen atoms in total. The minimum Gasteiger partial charge on any atom is -0.461 e. The van der Waals surface area contributed by atoms with E-state index in [1.54, 1.807) is 0 Å². The number of esters is 1. The summed E-state index contributed by atoms with van der Waals surface area (Å²) >= 11 is 1.34. The first kappa shape index (κ1) is 23.2. The number of aromatic amines is 1. The lowest BCUT2D eigenvalue weighted by Gasteiger charge is -2.08. The van der Waals surface area contributed by atoms with Crippen LogP contribution in [0.4, 0.5) is 11.5 Å². The van der Waals surface area contributed by atoms with Gasteiger partial charge >= 0.3 is 5.97 Å². The van der Waals surface area contributed by atoms with E-state index in [1.807, 2.05) is 37.3 Å². The van der Waals surface area contributed by atoms with Crippen LogP contribution in [-0.2, 0) is 17.6 Å². The summed E-state index contributed by atoms with van der Waals surface area (Å²) < 4.78 is 5.60. The zero-order valence-corrected chi connectivity index (χ0v) is 21.5. The van der Waals surface area contributed by atoms with E-state index >= 15 is 0 Å². The number of benzene rings is 3. The minimum absolute atomic E-state index is 0.325. The fraction of sp³-hybridized carbons (Fsp3) is 0.167.